The van der Waals surface area contributed by atoms with Gasteiger partial charge in [-0.25, -0.2) is 4.79 Å². The molecule has 0 radical (unpaired) electrons. The second-order valence-electron chi connectivity index (χ2n) is 8.14. The van der Waals surface area contributed by atoms with Crippen LogP contribution in [0.2, 0.25) is 0 Å². The Kier molecular flexibility index (Phi) is 6.28. The van der Waals surface area contributed by atoms with Crippen molar-refractivity contribution < 1.29 is 4.79 Å². The van der Waals surface area contributed by atoms with Crippen molar-refractivity contribution in [1.82, 2.24) is 4.90 Å². The van der Waals surface area contributed by atoms with Crippen molar-refractivity contribution in [2.75, 3.05) is 29.9 Å². The number of anilines is 2. The molecule has 3 rings (SSSR count). The van der Waals surface area contributed by atoms with Crippen LogP contribution < -0.4 is 10.2 Å². The van der Waals surface area contributed by atoms with Crippen LogP contribution in [0.4, 0.5) is 16.2 Å². The molecule has 0 spiro atoms. The smallest absolute Gasteiger partial charge is 0.321 e. The summed E-state index contributed by atoms with van der Waals surface area (Å²) in [5, 5.41) is 3.23. The van der Waals surface area contributed by atoms with Gasteiger partial charge in [0.05, 0.1) is 0 Å². The van der Waals surface area contributed by atoms with Crippen LogP contribution in [0, 0.1) is 6.92 Å². The number of aryl methyl sites for hydroxylation is 2. The molecule has 1 heterocycles. The molecule has 0 saturated carbocycles. The van der Waals surface area contributed by atoms with E-state index in [1.54, 1.807) is 0 Å². The Morgan fingerprint density at radius 2 is 1.86 bits per heavy atom. The van der Waals surface area contributed by atoms with Gasteiger partial charge in [-0.05, 0) is 49.4 Å². The van der Waals surface area contributed by atoms with Gasteiger partial charge in [0.15, 0.2) is 0 Å². The van der Waals surface area contributed by atoms with Crippen LogP contribution in [-0.2, 0) is 6.42 Å². The average molecular weight is 380 g/mol. The number of carbonyl (C=O) groups is 1. The van der Waals surface area contributed by atoms with E-state index in [4.69, 9.17) is 0 Å². The fourth-order valence-corrected chi connectivity index (χ4v) is 4.00. The largest absolute Gasteiger partial charge is 0.365 e. The number of hydrogen-bond donors (Lipinski definition) is 1. The van der Waals surface area contributed by atoms with Gasteiger partial charge in [0, 0.05) is 37.1 Å². The highest BCUT2D eigenvalue weighted by atomic mass is 16.2. The summed E-state index contributed by atoms with van der Waals surface area (Å²) in [5.74, 6) is 0.374. The Hall–Kier alpha value is -2.49. The first kappa shape index (κ1) is 20.2. The summed E-state index contributed by atoms with van der Waals surface area (Å²) in [6.45, 7) is 13.1. The van der Waals surface area contributed by atoms with Crippen LogP contribution in [0.1, 0.15) is 50.3 Å². The maximum atomic E-state index is 13.0. The molecule has 2 aromatic rings. The highest BCUT2D eigenvalue weighted by Gasteiger charge is 2.27. The van der Waals surface area contributed by atoms with Crippen molar-refractivity contribution in [1.29, 1.82) is 0 Å². The molecule has 1 unspecified atom stereocenters. The van der Waals surface area contributed by atoms with E-state index in [1.165, 1.54) is 22.4 Å². The summed E-state index contributed by atoms with van der Waals surface area (Å²) in [7, 11) is 0. The minimum Gasteiger partial charge on any atom is -0.365 e. The SMILES string of the molecule is CCc1cccc(C(C)C)c1NC(=O)N1CCN(c2ccc(C)cc2)C(C)C1. The van der Waals surface area contributed by atoms with Gasteiger partial charge in [0.2, 0.25) is 0 Å². The average Bonchev–Trinajstić information content (AvgIpc) is 2.68. The van der Waals surface area contributed by atoms with E-state index in [1.807, 2.05) is 4.90 Å². The molecule has 4 nitrogen and oxygen atoms in total. The summed E-state index contributed by atoms with van der Waals surface area (Å²) >= 11 is 0. The van der Waals surface area contributed by atoms with Crippen LogP contribution in [0.15, 0.2) is 42.5 Å². The van der Waals surface area contributed by atoms with Gasteiger partial charge in [0.1, 0.15) is 0 Å². The van der Waals surface area contributed by atoms with Crippen molar-refractivity contribution in [3.8, 4) is 0 Å². The Morgan fingerprint density at radius 3 is 2.46 bits per heavy atom. The monoisotopic (exact) mass is 379 g/mol. The van der Waals surface area contributed by atoms with Gasteiger partial charge in [-0.2, -0.15) is 0 Å². The molecule has 2 aromatic carbocycles. The maximum Gasteiger partial charge on any atom is 0.321 e. The van der Waals surface area contributed by atoms with E-state index in [0.29, 0.717) is 5.92 Å². The maximum absolute atomic E-state index is 13.0. The van der Waals surface area contributed by atoms with Crippen molar-refractivity contribution >= 4 is 17.4 Å². The van der Waals surface area contributed by atoms with Gasteiger partial charge in [0.25, 0.3) is 0 Å². The van der Waals surface area contributed by atoms with E-state index < -0.39 is 0 Å². The third-order valence-electron chi connectivity index (χ3n) is 5.70. The van der Waals surface area contributed by atoms with Gasteiger partial charge < -0.3 is 15.1 Å². The van der Waals surface area contributed by atoms with Crippen LogP contribution in [0.5, 0.6) is 0 Å². The number of para-hydroxylation sites is 1. The number of urea groups is 1. The zero-order valence-electron chi connectivity index (χ0n) is 17.8. The number of nitrogens with zero attached hydrogens (tertiary/aromatic N) is 2. The molecule has 1 saturated heterocycles. The van der Waals surface area contributed by atoms with Gasteiger partial charge in [-0.3, -0.25) is 0 Å². The zero-order valence-corrected chi connectivity index (χ0v) is 17.8. The predicted octanol–water partition coefficient (Wildman–Crippen LogP) is 5.42. The lowest BCUT2D eigenvalue weighted by atomic mass is 9.96. The molecule has 1 N–H and O–H groups in total. The minimum absolute atomic E-state index is 0.0122. The Bertz CT molecular complexity index is 813. The zero-order chi connectivity index (χ0) is 20.3. The van der Waals surface area contributed by atoms with E-state index >= 15 is 0 Å². The first-order chi connectivity index (χ1) is 13.4. The molecule has 2 amide bonds. The van der Waals surface area contributed by atoms with E-state index in [0.717, 1.165) is 31.7 Å². The predicted molar refractivity (Wildman–Crippen MR) is 118 cm³/mol. The molecule has 1 fully saturated rings. The minimum atomic E-state index is 0.0122. The van der Waals surface area contributed by atoms with E-state index in [9.17, 15) is 4.79 Å². The fourth-order valence-electron chi connectivity index (χ4n) is 4.00. The summed E-state index contributed by atoms with van der Waals surface area (Å²) < 4.78 is 0. The van der Waals surface area contributed by atoms with E-state index in [-0.39, 0.29) is 12.1 Å². The van der Waals surface area contributed by atoms with Crippen molar-refractivity contribution in [2.24, 2.45) is 0 Å². The normalized spacial score (nSPS) is 17.1. The van der Waals surface area contributed by atoms with Crippen molar-refractivity contribution in [3.05, 3.63) is 59.2 Å². The molecule has 150 valence electrons. The molecular formula is C24H33N3O. The molecule has 4 heteroatoms. The van der Waals surface area contributed by atoms with Crippen molar-refractivity contribution in [2.45, 2.75) is 53.0 Å². The first-order valence-electron chi connectivity index (χ1n) is 10.4. The third kappa shape index (κ3) is 4.32. The second kappa shape index (κ2) is 8.68. The van der Waals surface area contributed by atoms with Crippen LogP contribution in [0.3, 0.4) is 0 Å². The number of nitrogens with one attached hydrogen (secondary N) is 1. The summed E-state index contributed by atoms with van der Waals surface area (Å²) in [4.78, 5) is 17.4. The molecule has 1 aliphatic heterocycles. The van der Waals surface area contributed by atoms with Crippen molar-refractivity contribution in [3.63, 3.8) is 0 Å². The molecule has 1 atom stereocenters. The third-order valence-corrected chi connectivity index (χ3v) is 5.70. The number of hydrogen-bond acceptors (Lipinski definition) is 2. The topological polar surface area (TPSA) is 35.6 Å². The lowest BCUT2D eigenvalue weighted by molar-refractivity contribution is 0.200. The number of piperazine rings is 1. The highest BCUT2D eigenvalue weighted by Crippen LogP contribution is 2.29. The van der Waals surface area contributed by atoms with Gasteiger partial charge in [-0.1, -0.05) is 56.7 Å². The first-order valence-corrected chi connectivity index (χ1v) is 10.4. The molecule has 0 bridgehead atoms. The van der Waals surface area contributed by atoms with E-state index in [2.05, 4.69) is 87.3 Å². The molecular weight excluding hydrogens is 346 g/mol. The summed E-state index contributed by atoms with van der Waals surface area (Å²) in [6.07, 6.45) is 0.910. The van der Waals surface area contributed by atoms with Gasteiger partial charge >= 0.3 is 6.03 Å². The van der Waals surface area contributed by atoms with Crippen LogP contribution in [-0.4, -0.2) is 36.6 Å². The molecule has 0 aliphatic carbocycles. The number of rotatable bonds is 4. The summed E-state index contributed by atoms with van der Waals surface area (Å²) in [5.41, 5.74) is 5.91. The fraction of sp³-hybridized carbons (Fsp3) is 0.458. The molecule has 28 heavy (non-hydrogen) atoms. The summed E-state index contributed by atoms with van der Waals surface area (Å²) in [6, 6.07) is 15.3. The molecule has 0 aromatic heterocycles. The Balaban J connectivity index is 1.71. The number of benzene rings is 2. The lowest BCUT2D eigenvalue weighted by Crippen LogP contribution is -2.54. The Morgan fingerprint density at radius 1 is 1.14 bits per heavy atom. The highest BCUT2D eigenvalue weighted by molar-refractivity contribution is 5.91. The quantitative estimate of drug-likeness (QED) is 0.769. The standard InChI is InChI=1S/C24H33N3O/c1-6-20-8-7-9-22(17(2)3)23(20)25-24(28)26-14-15-27(19(5)16-26)21-12-10-18(4)11-13-21/h7-13,17,19H,6,14-16H2,1-5H3,(H,25,28). The number of amides is 2. The molecule has 1 aliphatic rings. The second-order valence-corrected chi connectivity index (χ2v) is 8.14. The van der Waals surface area contributed by atoms with Gasteiger partial charge in [-0.15, -0.1) is 0 Å². The lowest BCUT2D eigenvalue weighted by Gasteiger charge is -2.41. The Labute approximate surface area is 169 Å². The van der Waals surface area contributed by atoms with Crippen LogP contribution in [0.25, 0.3) is 0 Å². The van der Waals surface area contributed by atoms with Crippen LogP contribution >= 0.6 is 0 Å². The number of carbonyl (C=O) groups excluding carboxylic acids is 1.